The molecule has 57 heavy (non-hydrogen) atoms. The maximum Gasteiger partial charge on any atom is 0.131 e. The zero-order chi connectivity index (χ0) is 37.5. The van der Waals surface area contributed by atoms with Gasteiger partial charge >= 0.3 is 0 Å². The lowest BCUT2D eigenvalue weighted by Crippen LogP contribution is -2.45. The topological polar surface area (TPSA) is 41.4 Å². The Balaban J connectivity index is 0.958. The van der Waals surface area contributed by atoms with E-state index in [9.17, 15) is 0 Å². The van der Waals surface area contributed by atoms with Crippen LogP contribution in [0.1, 0.15) is 29.0 Å². The number of fused-ring (bicyclic) bond motifs is 9. The van der Waals surface area contributed by atoms with Crippen molar-refractivity contribution in [3.8, 4) is 16.8 Å². The summed E-state index contributed by atoms with van der Waals surface area (Å²) in [4.78, 5) is 5.16. The minimum absolute atomic E-state index is 0.143. The molecule has 0 fully saturated rings. The van der Waals surface area contributed by atoms with Crippen LogP contribution in [0.2, 0.25) is 0 Å². The Labute approximate surface area is 337 Å². The molecule has 2 unspecified atom stereocenters. The van der Waals surface area contributed by atoms with Crippen LogP contribution in [-0.2, 0) is 0 Å². The molecule has 0 aliphatic carbocycles. The van der Waals surface area contributed by atoms with E-state index in [0.29, 0.717) is 0 Å². The molecule has 0 bridgehead atoms. The number of amidine groups is 1. The highest BCUT2D eigenvalue weighted by atomic mass is 32.1. The molecular weight excluding hydrogens is 733 g/mol. The molecule has 8 aromatic carbocycles. The molecule has 0 spiro atoms. The van der Waals surface area contributed by atoms with Gasteiger partial charge in [0.2, 0.25) is 0 Å². The Hall–Kier alpha value is -6.57. The van der Waals surface area contributed by atoms with Crippen LogP contribution in [0.5, 0.6) is 0 Å². The first-order chi connectivity index (χ1) is 28.2. The first kappa shape index (κ1) is 32.7. The lowest BCUT2D eigenvalue weighted by Gasteiger charge is -2.32. The third-order valence-electron chi connectivity index (χ3n) is 11.5. The fraction of sp³-hybridized carbons (Fsp3) is 0.0392. The lowest BCUT2D eigenvalue weighted by molar-refractivity contribution is 0.411. The van der Waals surface area contributed by atoms with Crippen molar-refractivity contribution in [3.05, 3.63) is 199 Å². The van der Waals surface area contributed by atoms with Crippen molar-refractivity contribution in [2.24, 2.45) is 4.99 Å². The summed E-state index contributed by atoms with van der Waals surface area (Å²) in [7, 11) is 0. The average Bonchev–Trinajstić information content (AvgIpc) is 3.96. The number of aliphatic imine (C=N–C) groups is 1. The highest BCUT2D eigenvalue weighted by Gasteiger charge is 2.28. The zero-order valence-electron chi connectivity index (χ0n) is 30.7. The SMILES string of the molecule is c1ccc(C2=NC(c3ccccc3)NC(c3cccc4sc5c(-c6ccc7c(c6)sc6ccc(-n8c9ccccc9c9ccccc98)cc67)cccc5c34)N2)cc1. The van der Waals surface area contributed by atoms with Crippen LogP contribution < -0.4 is 10.6 Å². The van der Waals surface area contributed by atoms with Gasteiger partial charge in [0.25, 0.3) is 0 Å². The van der Waals surface area contributed by atoms with Gasteiger partial charge in [0.1, 0.15) is 18.2 Å². The number of aromatic nitrogens is 1. The average molecular weight is 767 g/mol. The largest absolute Gasteiger partial charge is 0.350 e. The van der Waals surface area contributed by atoms with E-state index in [4.69, 9.17) is 4.99 Å². The van der Waals surface area contributed by atoms with Crippen LogP contribution in [-0.4, -0.2) is 10.4 Å². The second kappa shape index (κ2) is 13.0. The predicted octanol–water partition coefficient (Wildman–Crippen LogP) is 13.5. The fourth-order valence-electron chi connectivity index (χ4n) is 8.88. The Kier molecular flexibility index (Phi) is 7.45. The molecule has 4 nitrogen and oxygen atoms in total. The van der Waals surface area contributed by atoms with Crippen LogP contribution >= 0.6 is 22.7 Å². The highest BCUT2D eigenvalue weighted by Crippen LogP contribution is 2.45. The Morgan fingerprint density at radius 1 is 0.491 bits per heavy atom. The number of hydrogen-bond donors (Lipinski definition) is 2. The van der Waals surface area contributed by atoms with Crippen LogP contribution in [0.4, 0.5) is 0 Å². The molecule has 12 rings (SSSR count). The van der Waals surface area contributed by atoms with E-state index >= 15 is 0 Å². The number of hydrogen-bond acceptors (Lipinski definition) is 5. The predicted molar refractivity (Wildman–Crippen MR) is 243 cm³/mol. The quantitative estimate of drug-likeness (QED) is 0.183. The third-order valence-corrected chi connectivity index (χ3v) is 13.8. The molecule has 270 valence electrons. The van der Waals surface area contributed by atoms with E-state index in [-0.39, 0.29) is 12.3 Å². The second-order valence-electron chi connectivity index (χ2n) is 14.8. The number of para-hydroxylation sites is 2. The van der Waals surface area contributed by atoms with Crippen molar-refractivity contribution in [2.75, 3.05) is 0 Å². The number of rotatable bonds is 5. The molecule has 4 heterocycles. The van der Waals surface area contributed by atoms with Crippen LogP contribution in [0.15, 0.2) is 187 Å². The summed E-state index contributed by atoms with van der Waals surface area (Å²) in [6.45, 7) is 0. The molecule has 0 saturated heterocycles. The molecule has 0 saturated carbocycles. The minimum Gasteiger partial charge on any atom is -0.350 e. The Morgan fingerprint density at radius 2 is 1.21 bits per heavy atom. The van der Waals surface area contributed by atoms with Crippen molar-refractivity contribution in [3.63, 3.8) is 0 Å². The van der Waals surface area contributed by atoms with Gasteiger partial charge in [0.15, 0.2) is 0 Å². The molecule has 6 heteroatoms. The Morgan fingerprint density at radius 3 is 2.02 bits per heavy atom. The zero-order valence-corrected chi connectivity index (χ0v) is 32.3. The fourth-order valence-corrected chi connectivity index (χ4v) is 11.3. The number of nitrogens with zero attached hydrogens (tertiary/aromatic N) is 2. The highest BCUT2D eigenvalue weighted by molar-refractivity contribution is 7.26. The summed E-state index contributed by atoms with van der Waals surface area (Å²) in [5.74, 6) is 0.893. The maximum absolute atomic E-state index is 5.16. The van der Waals surface area contributed by atoms with E-state index in [1.807, 2.05) is 22.7 Å². The first-order valence-electron chi connectivity index (χ1n) is 19.4. The van der Waals surface area contributed by atoms with Crippen LogP contribution in [0.3, 0.4) is 0 Å². The van der Waals surface area contributed by atoms with Gasteiger partial charge in [-0.05, 0) is 64.7 Å². The molecule has 0 amide bonds. The normalized spacial score (nSPS) is 15.9. The van der Waals surface area contributed by atoms with Gasteiger partial charge < -0.3 is 9.88 Å². The molecule has 2 atom stereocenters. The number of thiophene rings is 2. The molecule has 2 N–H and O–H groups in total. The van der Waals surface area contributed by atoms with Gasteiger partial charge in [0, 0.05) is 62.4 Å². The van der Waals surface area contributed by atoms with Crippen molar-refractivity contribution in [1.29, 1.82) is 0 Å². The molecule has 0 radical (unpaired) electrons. The first-order valence-corrected chi connectivity index (χ1v) is 21.0. The number of nitrogens with one attached hydrogen (secondary N) is 2. The van der Waals surface area contributed by atoms with Gasteiger partial charge in [-0.15, -0.1) is 22.7 Å². The minimum atomic E-state index is -0.186. The third kappa shape index (κ3) is 5.26. The monoisotopic (exact) mass is 766 g/mol. The summed E-state index contributed by atoms with van der Waals surface area (Å²) in [5.41, 5.74) is 9.60. The smallest absolute Gasteiger partial charge is 0.131 e. The van der Waals surface area contributed by atoms with Crippen molar-refractivity contribution >= 4 is 90.7 Å². The molecule has 11 aromatic rings. The van der Waals surface area contributed by atoms with E-state index < -0.39 is 0 Å². The molecule has 3 aromatic heterocycles. The molecule has 1 aliphatic rings. The summed E-state index contributed by atoms with van der Waals surface area (Å²) in [6, 6.07) is 66.0. The van der Waals surface area contributed by atoms with Gasteiger partial charge in [-0.1, -0.05) is 140 Å². The van der Waals surface area contributed by atoms with Gasteiger partial charge in [-0.3, -0.25) is 5.32 Å². The van der Waals surface area contributed by atoms with Crippen molar-refractivity contribution in [2.45, 2.75) is 12.3 Å². The standard InChI is InChI=1S/C51H34N4S2/c1-3-13-31(14-4-1)49-52-50(32-15-5-2-6-16-32)54-51(53-49)40-21-12-24-45-47(40)39-20-11-19-35(48(39)57-45)33-25-27-38-41-30-34(26-28-44(41)56-46(38)29-33)55-42-22-9-7-17-36(42)37-18-8-10-23-43(37)55/h1-30,49,51,53H,(H,52,54). The lowest BCUT2D eigenvalue weighted by atomic mass is 9.98. The van der Waals surface area contributed by atoms with Crippen molar-refractivity contribution < 1.29 is 0 Å². The molecular formula is C51H34N4S2. The van der Waals surface area contributed by atoms with Crippen molar-refractivity contribution in [1.82, 2.24) is 15.2 Å². The van der Waals surface area contributed by atoms with E-state index in [2.05, 4.69) is 197 Å². The maximum atomic E-state index is 5.16. The number of benzene rings is 8. The van der Waals surface area contributed by atoms with E-state index in [0.717, 1.165) is 17.0 Å². The molecule has 1 aliphatic heterocycles. The van der Waals surface area contributed by atoms with Gasteiger partial charge in [0.05, 0.1) is 11.0 Å². The summed E-state index contributed by atoms with van der Waals surface area (Å²) >= 11 is 3.76. The Bertz CT molecular complexity index is 3320. The van der Waals surface area contributed by atoms with Crippen LogP contribution in [0.25, 0.3) is 79.0 Å². The van der Waals surface area contributed by atoms with Gasteiger partial charge in [-0.2, -0.15) is 0 Å². The summed E-state index contributed by atoms with van der Waals surface area (Å²) in [5, 5.41) is 15.3. The summed E-state index contributed by atoms with van der Waals surface area (Å²) < 4.78 is 7.60. The van der Waals surface area contributed by atoms with E-state index in [1.54, 1.807) is 0 Å². The second-order valence-corrected chi connectivity index (χ2v) is 16.9. The van der Waals surface area contributed by atoms with Gasteiger partial charge in [-0.25, -0.2) is 4.99 Å². The van der Waals surface area contributed by atoms with Crippen LogP contribution in [0, 0.1) is 0 Å². The summed E-state index contributed by atoms with van der Waals surface area (Å²) in [6.07, 6.45) is -0.329. The van der Waals surface area contributed by atoms with E-state index in [1.165, 1.54) is 84.5 Å².